The Morgan fingerprint density at radius 1 is 1.58 bits per heavy atom. The number of aliphatic hydroxyl groups excluding tert-OH is 1. The van der Waals surface area contributed by atoms with Gasteiger partial charge in [0.1, 0.15) is 12.7 Å². The van der Waals surface area contributed by atoms with Crippen molar-refractivity contribution in [1.29, 1.82) is 5.26 Å². The Balaban J connectivity index is 2.68. The smallest absolute Gasteiger partial charge is 0.233 e. The molecule has 0 aliphatic heterocycles. The largest absolute Gasteiger partial charge is 0.474 e. The third-order valence-electron chi connectivity index (χ3n) is 1.07. The lowest BCUT2D eigenvalue weighted by Gasteiger charge is -2.00. The zero-order valence-corrected chi connectivity index (χ0v) is 6.27. The summed E-state index contributed by atoms with van der Waals surface area (Å²) in [6.45, 7) is 0.0715. The Morgan fingerprint density at radius 2 is 2.42 bits per heavy atom. The van der Waals surface area contributed by atoms with Gasteiger partial charge in [0.2, 0.25) is 5.88 Å². The second kappa shape index (κ2) is 4.26. The van der Waals surface area contributed by atoms with Crippen molar-refractivity contribution in [3.63, 3.8) is 0 Å². The Bertz CT molecular complexity index is 295. The first-order valence-corrected chi connectivity index (χ1v) is 3.32. The van der Waals surface area contributed by atoms with E-state index in [1.54, 1.807) is 0 Å². The van der Waals surface area contributed by atoms with Crippen molar-refractivity contribution in [1.82, 2.24) is 9.97 Å². The van der Waals surface area contributed by atoms with E-state index in [-0.39, 0.29) is 24.8 Å². The molecule has 0 radical (unpaired) electrons. The molecule has 0 aliphatic rings. The van der Waals surface area contributed by atoms with E-state index in [0.29, 0.717) is 0 Å². The normalized spacial score (nSPS) is 9.00. The fourth-order valence-corrected chi connectivity index (χ4v) is 0.622. The summed E-state index contributed by atoms with van der Waals surface area (Å²) in [5.74, 6) is 0.253. The molecule has 0 aromatic carbocycles. The van der Waals surface area contributed by atoms with Crippen LogP contribution in [0.3, 0.4) is 0 Å². The topological polar surface area (TPSA) is 79.0 Å². The molecule has 1 aromatic rings. The van der Waals surface area contributed by atoms with Crippen molar-refractivity contribution in [3.05, 3.63) is 18.1 Å². The Morgan fingerprint density at radius 3 is 3.08 bits per heavy atom. The summed E-state index contributed by atoms with van der Waals surface area (Å²) in [7, 11) is 0. The number of rotatable bonds is 3. The predicted octanol–water partition coefficient (Wildman–Crippen LogP) is -0.281. The maximum atomic E-state index is 8.43. The minimum atomic E-state index is -0.0849. The molecular formula is C7H7N3O2. The van der Waals surface area contributed by atoms with Gasteiger partial charge in [-0.15, -0.1) is 0 Å². The molecule has 62 valence electrons. The molecule has 0 amide bonds. The van der Waals surface area contributed by atoms with Crippen LogP contribution in [0.2, 0.25) is 0 Å². The summed E-state index contributed by atoms with van der Waals surface area (Å²) < 4.78 is 4.92. The summed E-state index contributed by atoms with van der Waals surface area (Å²) in [6, 6.07) is 1.83. The molecular weight excluding hydrogens is 158 g/mol. The van der Waals surface area contributed by atoms with Crippen LogP contribution in [0.15, 0.2) is 12.4 Å². The molecule has 0 saturated carbocycles. The van der Waals surface area contributed by atoms with E-state index in [1.807, 2.05) is 6.07 Å². The average molecular weight is 165 g/mol. The van der Waals surface area contributed by atoms with Crippen molar-refractivity contribution in [3.8, 4) is 11.9 Å². The molecule has 5 heteroatoms. The van der Waals surface area contributed by atoms with Crippen LogP contribution in [0, 0.1) is 11.3 Å². The Labute approximate surface area is 69.3 Å². The maximum absolute atomic E-state index is 8.43. The summed E-state index contributed by atoms with van der Waals surface area (Å²) in [4.78, 5) is 7.49. The van der Waals surface area contributed by atoms with Gasteiger partial charge in [-0.2, -0.15) is 10.2 Å². The Hall–Kier alpha value is -1.67. The van der Waals surface area contributed by atoms with Crippen LogP contribution in [0.4, 0.5) is 0 Å². The highest BCUT2D eigenvalue weighted by Crippen LogP contribution is 2.03. The van der Waals surface area contributed by atoms with Crippen molar-refractivity contribution in [2.45, 2.75) is 0 Å². The van der Waals surface area contributed by atoms with E-state index < -0.39 is 0 Å². The first-order chi connectivity index (χ1) is 5.86. The van der Waals surface area contributed by atoms with Gasteiger partial charge >= 0.3 is 0 Å². The second-order valence-electron chi connectivity index (χ2n) is 1.93. The second-order valence-corrected chi connectivity index (χ2v) is 1.93. The molecule has 0 unspecified atom stereocenters. The summed E-state index contributed by atoms with van der Waals surface area (Å²) >= 11 is 0. The van der Waals surface area contributed by atoms with Gasteiger partial charge in [-0.05, 0) is 0 Å². The Kier molecular flexibility index (Phi) is 2.99. The van der Waals surface area contributed by atoms with Crippen LogP contribution in [0.25, 0.3) is 0 Å². The van der Waals surface area contributed by atoms with Crippen molar-refractivity contribution in [2.24, 2.45) is 0 Å². The van der Waals surface area contributed by atoms with Crippen molar-refractivity contribution >= 4 is 0 Å². The number of hydrogen-bond acceptors (Lipinski definition) is 5. The molecule has 1 heterocycles. The van der Waals surface area contributed by atoms with Gasteiger partial charge in [-0.3, -0.25) is 4.98 Å². The highest BCUT2D eigenvalue weighted by atomic mass is 16.5. The van der Waals surface area contributed by atoms with Gasteiger partial charge in [-0.1, -0.05) is 0 Å². The van der Waals surface area contributed by atoms with E-state index in [4.69, 9.17) is 15.1 Å². The van der Waals surface area contributed by atoms with Crippen molar-refractivity contribution in [2.75, 3.05) is 13.2 Å². The van der Waals surface area contributed by atoms with Crippen LogP contribution in [-0.2, 0) is 0 Å². The van der Waals surface area contributed by atoms with Crippen LogP contribution in [0.5, 0.6) is 5.88 Å². The summed E-state index contributed by atoms with van der Waals surface area (Å²) in [6.07, 6.45) is 2.72. The minimum Gasteiger partial charge on any atom is -0.474 e. The minimum absolute atomic E-state index is 0.0849. The number of nitrogens with zero attached hydrogens (tertiary/aromatic N) is 3. The van der Waals surface area contributed by atoms with E-state index in [0.717, 1.165) is 0 Å². The first-order valence-electron chi connectivity index (χ1n) is 3.32. The molecule has 0 bridgehead atoms. The summed E-state index contributed by atoms with van der Waals surface area (Å²) in [5, 5.41) is 16.8. The molecule has 1 aromatic heterocycles. The molecule has 1 rings (SSSR count). The third kappa shape index (κ3) is 2.18. The third-order valence-corrected chi connectivity index (χ3v) is 1.07. The number of hydrogen-bond donors (Lipinski definition) is 1. The lowest BCUT2D eigenvalue weighted by atomic mass is 10.5. The molecule has 0 fully saturated rings. The molecule has 0 spiro atoms. The number of ether oxygens (including phenoxy) is 1. The van der Waals surface area contributed by atoms with Gasteiger partial charge in [0.15, 0.2) is 5.69 Å². The molecule has 0 atom stereocenters. The van der Waals surface area contributed by atoms with Crippen LogP contribution in [-0.4, -0.2) is 28.3 Å². The zero-order chi connectivity index (χ0) is 8.81. The lowest BCUT2D eigenvalue weighted by Crippen LogP contribution is -2.03. The maximum Gasteiger partial charge on any atom is 0.233 e. The van der Waals surface area contributed by atoms with Crippen LogP contribution < -0.4 is 4.74 Å². The van der Waals surface area contributed by atoms with Gasteiger partial charge in [-0.25, -0.2) is 0 Å². The molecule has 0 saturated heterocycles. The van der Waals surface area contributed by atoms with Crippen LogP contribution >= 0.6 is 0 Å². The molecule has 0 aliphatic carbocycles. The van der Waals surface area contributed by atoms with E-state index >= 15 is 0 Å². The van der Waals surface area contributed by atoms with Gasteiger partial charge in [0.05, 0.1) is 19.0 Å². The zero-order valence-electron chi connectivity index (χ0n) is 6.27. The highest BCUT2D eigenvalue weighted by Gasteiger charge is 1.96. The average Bonchev–Trinajstić information content (AvgIpc) is 2.15. The van der Waals surface area contributed by atoms with E-state index in [9.17, 15) is 0 Å². The van der Waals surface area contributed by atoms with E-state index in [2.05, 4.69) is 9.97 Å². The first kappa shape index (κ1) is 8.43. The van der Waals surface area contributed by atoms with Gasteiger partial charge in [0, 0.05) is 0 Å². The fraction of sp³-hybridized carbons (Fsp3) is 0.286. The number of aromatic nitrogens is 2. The lowest BCUT2D eigenvalue weighted by molar-refractivity contribution is 0.196. The monoisotopic (exact) mass is 165 g/mol. The molecule has 1 N–H and O–H groups in total. The highest BCUT2D eigenvalue weighted by molar-refractivity contribution is 5.19. The molecule has 5 nitrogen and oxygen atoms in total. The predicted molar refractivity (Wildman–Crippen MR) is 39.3 cm³/mol. The van der Waals surface area contributed by atoms with Crippen LogP contribution in [0.1, 0.15) is 5.69 Å². The van der Waals surface area contributed by atoms with Gasteiger partial charge in [0.25, 0.3) is 0 Å². The van der Waals surface area contributed by atoms with E-state index in [1.165, 1.54) is 12.4 Å². The number of nitriles is 1. The summed E-state index contributed by atoms with van der Waals surface area (Å²) in [5.41, 5.74) is 0.199. The number of aliphatic hydroxyl groups is 1. The fourth-order valence-electron chi connectivity index (χ4n) is 0.622. The quantitative estimate of drug-likeness (QED) is 0.666. The van der Waals surface area contributed by atoms with Crippen molar-refractivity contribution < 1.29 is 9.84 Å². The van der Waals surface area contributed by atoms with Gasteiger partial charge < -0.3 is 9.84 Å². The SMILES string of the molecule is N#Cc1cncc(OCCO)n1. The standard InChI is InChI=1S/C7H7N3O2/c8-3-6-4-9-5-7(10-6)12-2-1-11/h4-5,11H,1-2H2. The molecule has 12 heavy (non-hydrogen) atoms.